The minimum atomic E-state index is 0.588. The number of nitrogens with zero attached hydrogens (tertiary/aromatic N) is 1. The summed E-state index contributed by atoms with van der Waals surface area (Å²) >= 11 is 0. The average Bonchev–Trinajstić information content (AvgIpc) is 2.39. The number of fused-ring (bicyclic) bond motifs is 1. The molecular weight excluding hydrogens is 212 g/mol. The summed E-state index contributed by atoms with van der Waals surface area (Å²) in [6.07, 6.45) is 1.14. The molecule has 0 aromatic heterocycles. The molecule has 0 saturated heterocycles. The van der Waals surface area contributed by atoms with Gasteiger partial charge in [-0.15, -0.1) is 0 Å². The van der Waals surface area contributed by atoms with Gasteiger partial charge in [0.25, 0.3) is 0 Å². The van der Waals surface area contributed by atoms with Crippen molar-refractivity contribution in [1.82, 2.24) is 4.90 Å². The van der Waals surface area contributed by atoms with Crippen LogP contribution in [0.5, 0.6) is 0 Å². The quantitative estimate of drug-likeness (QED) is 0.843. The Hall–Kier alpha value is -1.06. The number of para-hydroxylation sites is 1. The Bertz CT molecular complexity index is 354. The lowest BCUT2D eigenvalue weighted by Crippen LogP contribution is -2.45. The highest BCUT2D eigenvalue weighted by atomic mass is 16.5. The summed E-state index contributed by atoms with van der Waals surface area (Å²) in [6.45, 7) is 6.16. The van der Waals surface area contributed by atoms with Gasteiger partial charge in [0.05, 0.1) is 6.61 Å². The maximum atomic E-state index is 5.17. The van der Waals surface area contributed by atoms with Crippen molar-refractivity contribution in [2.24, 2.45) is 0 Å². The van der Waals surface area contributed by atoms with Crippen LogP contribution in [-0.4, -0.2) is 44.3 Å². The van der Waals surface area contributed by atoms with E-state index in [9.17, 15) is 0 Å². The number of methoxy groups -OCH3 is 1. The van der Waals surface area contributed by atoms with Crippen molar-refractivity contribution in [3.63, 3.8) is 0 Å². The van der Waals surface area contributed by atoms with Crippen molar-refractivity contribution in [2.75, 3.05) is 38.7 Å². The van der Waals surface area contributed by atoms with E-state index >= 15 is 0 Å². The first-order valence-corrected chi connectivity index (χ1v) is 6.40. The second kappa shape index (κ2) is 6.03. The van der Waals surface area contributed by atoms with E-state index in [4.69, 9.17) is 4.74 Å². The molecule has 1 N–H and O–H groups in total. The number of anilines is 1. The number of hydrogen-bond acceptors (Lipinski definition) is 3. The maximum Gasteiger partial charge on any atom is 0.0589 e. The summed E-state index contributed by atoms with van der Waals surface area (Å²) in [5.41, 5.74) is 2.73. The lowest BCUT2D eigenvalue weighted by Gasteiger charge is -2.35. The van der Waals surface area contributed by atoms with Crippen molar-refractivity contribution < 1.29 is 4.74 Å². The number of hydrogen-bond donors (Lipinski definition) is 1. The SMILES string of the molecule is CCN(CCOC)C1CNc2ccccc2C1. The van der Waals surface area contributed by atoms with Crippen LogP contribution in [0.2, 0.25) is 0 Å². The Morgan fingerprint density at radius 2 is 2.24 bits per heavy atom. The summed E-state index contributed by atoms with van der Waals surface area (Å²) < 4.78 is 5.17. The minimum Gasteiger partial charge on any atom is -0.383 e. The van der Waals surface area contributed by atoms with Crippen molar-refractivity contribution in [1.29, 1.82) is 0 Å². The predicted octanol–water partition coefficient (Wildman–Crippen LogP) is 1.99. The Kier molecular flexibility index (Phi) is 4.40. The molecule has 0 saturated carbocycles. The fourth-order valence-electron chi connectivity index (χ4n) is 2.49. The van der Waals surface area contributed by atoms with Gasteiger partial charge in [-0.25, -0.2) is 0 Å². The first-order chi connectivity index (χ1) is 8.35. The van der Waals surface area contributed by atoms with Gasteiger partial charge >= 0.3 is 0 Å². The molecule has 3 nitrogen and oxygen atoms in total. The molecule has 1 aliphatic heterocycles. The topological polar surface area (TPSA) is 24.5 Å². The fraction of sp³-hybridized carbons (Fsp3) is 0.571. The van der Waals surface area contributed by atoms with E-state index in [0.29, 0.717) is 6.04 Å². The zero-order valence-corrected chi connectivity index (χ0v) is 10.8. The zero-order chi connectivity index (χ0) is 12.1. The third-order valence-corrected chi connectivity index (χ3v) is 3.51. The van der Waals surface area contributed by atoms with Gasteiger partial charge in [-0.2, -0.15) is 0 Å². The highest BCUT2D eigenvalue weighted by Gasteiger charge is 2.22. The standard InChI is InChI=1S/C14H22N2O/c1-3-16(8-9-17-2)13-10-12-6-4-5-7-14(12)15-11-13/h4-7,13,15H,3,8-11H2,1-2H3. The van der Waals surface area contributed by atoms with Gasteiger partial charge in [-0.1, -0.05) is 25.1 Å². The zero-order valence-electron chi connectivity index (χ0n) is 10.8. The molecule has 1 heterocycles. The lowest BCUT2D eigenvalue weighted by molar-refractivity contribution is 0.125. The fourth-order valence-corrected chi connectivity index (χ4v) is 2.49. The third kappa shape index (κ3) is 2.99. The smallest absolute Gasteiger partial charge is 0.0589 e. The summed E-state index contributed by atoms with van der Waals surface area (Å²) in [4.78, 5) is 2.49. The van der Waals surface area contributed by atoms with Crippen molar-refractivity contribution in [3.05, 3.63) is 29.8 Å². The Morgan fingerprint density at radius 3 is 3.00 bits per heavy atom. The van der Waals surface area contributed by atoms with Crippen LogP contribution in [0.4, 0.5) is 5.69 Å². The van der Waals surface area contributed by atoms with E-state index < -0.39 is 0 Å². The minimum absolute atomic E-state index is 0.588. The highest BCUT2D eigenvalue weighted by Crippen LogP contribution is 2.23. The monoisotopic (exact) mass is 234 g/mol. The van der Waals surface area contributed by atoms with E-state index in [-0.39, 0.29) is 0 Å². The molecule has 3 heteroatoms. The summed E-state index contributed by atoms with van der Waals surface area (Å²) in [5, 5.41) is 3.52. The van der Waals surface area contributed by atoms with E-state index in [2.05, 4.69) is 41.4 Å². The Balaban J connectivity index is 2.00. The summed E-state index contributed by atoms with van der Waals surface area (Å²) in [5.74, 6) is 0. The second-order valence-corrected chi connectivity index (χ2v) is 4.52. The van der Waals surface area contributed by atoms with Crippen LogP contribution in [-0.2, 0) is 11.2 Å². The number of likely N-dealkylation sites (N-methyl/N-ethyl adjacent to an activating group) is 1. The lowest BCUT2D eigenvalue weighted by atomic mass is 9.98. The van der Waals surface area contributed by atoms with Gasteiger partial charge in [0, 0.05) is 31.9 Å². The summed E-state index contributed by atoms with van der Waals surface area (Å²) in [7, 11) is 1.77. The third-order valence-electron chi connectivity index (χ3n) is 3.51. The average molecular weight is 234 g/mol. The van der Waals surface area contributed by atoms with E-state index in [1.807, 2.05) is 0 Å². The molecule has 0 aliphatic carbocycles. The number of benzene rings is 1. The molecule has 0 radical (unpaired) electrons. The highest BCUT2D eigenvalue weighted by molar-refractivity contribution is 5.53. The van der Waals surface area contributed by atoms with Gasteiger partial charge in [0.2, 0.25) is 0 Å². The van der Waals surface area contributed by atoms with E-state index in [0.717, 1.165) is 32.7 Å². The maximum absolute atomic E-state index is 5.17. The van der Waals surface area contributed by atoms with Gasteiger partial charge < -0.3 is 10.1 Å². The van der Waals surface area contributed by atoms with Crippen LogP contribution in [0.3, 0.4) is 0 Å². The molecule has 0 spiro atoms. The first-order valence-electron chi connectivity index (χ1n) is 6.40. The van der Waals surface area contributed by atoms with Crippen LogP contribution < -0.4 is 5.32 Å². The van der Waals surface area contributed by atoms with Crippen LogP contribution in [0, 0.1) is 0 Å². The molecule has 1 aromatic rings. The first kappa shape index (κ1) is 12.4. The molecule has 1 aliphatic rings. The van der Waals surface area contributed by atoms with Crippen molar-refractivity contribution >= 4 is 5.69 Å². The second-order valence-electron chi connectivity index (χ2n) is 4.52. The molecule has 1 unspecified atom stereocenters. The molecule has 0 fully saturated rings. The summed E-state index contributed by atoms with van der Waals surface area (Å²) in [6, 6.07) is 9.18. The molecular formula is C14H22N2O. The van der Waals surface area contributed by atoms with Gasteiger partial charge in [0.1, 0.15) is 0 Å². The Labute approximate surface area is 104 Å². The molecule has 1 aromatic carbocycles. The number of nitrogens with one attached hydrogen (secondary N) is 1. The van der Waals surface area contributed by atoms with Gasteiger partial charge in [-0.05, 0) is 24.6 Å². The van der Waals surface area contributed by atoms with Crippen LogP contribution >= 0.6 is 0 Å². The van der Waals surface area contributed by atoms with Crippen molar-refractivity contribution in [3.8, 4) is 0 Å². The van der Waals surface area contributed by atoms with E-state index in [1.165, 1.54) is 11.3 Å². The normalized spacial score (nSPS) is 18.9. The van der Waals surface area contributed by atoms with Crippen LogP contribution in [0.25, 0.3) is 0 Å². The van der Waals surface area contributed by atoms with Gasteiger partial charge in [0.15, 0.2) is 0 Å². The van der Waals surface area contributed by atoms with Crippen LogP contribution in [0.15, 0.2) is 24.3 Å². The molecule has 2 rings (SSSR count). The molecule has 0 bridgehead atoms. The van der Waals surface area contributed by atoms with Gasteiger partial charge in [-0.3, -0.25) is 4.90 Å². The molecule has 0 amide bonds. The number of ether oxygens (including phenoxy) is 1. The largest absolute Gasteiger partial charge is 0.383 e. The molecule has 17 heavy (non-hydrogen) atoms. The number of rotatable bonds is 5. The molecule has 94 valence electrons. The predicted molar refractivity (Wildman–Crippen MR) is 71.5 cm³/mol. The Morgan fingerprint density at radius 1 is 1.41 bits per heavy atom. The van der Waals surface area contributed by atoms with E-state index in [1.54, 1.807) is 7.11 Å². The van der Waals surface area contributed by atoms with Crippen molar-refractivity contribution in [2.45, 2.75) is 19.4 Å². The van der Waals surface area contributed by atoms with Crippen LogP contribution in [0.1, 0.15) is 12.5 Å². The molecule has 1 atom stereocenters.